The second-order valence-corrected chi connectivity index (χ2v) is 6.20. The topological polar surface area (TPSA) is 80.1 Å². The number of pyridine rings is 1. The van der Waals surface area contributed by atoms with Gasteiger partial charge >= 0.3 is 0 Å². The predicted molar refractivity (Wildman–Crippen MR) is 82.5 cm³/mol. The van der Waals surface area contributed by atoms with E-state index in [1.807, 2.05) is 6.92 Å². The molecular formula is C15H22N4O2. The Hall–Kier alpha value is -1.85. The Morgan fingerprint density at radius 2 is 2.05 bits per heavy atom. The molecule has 21 heavy (non-hydrogen) atoms. The first-order valence-corrected chi connectivity index (χ1v) is 7.80. The molecular weight excluding hydrogens is 268 g/mol. The predicted octanol–water partition coefficient (Wildman–Crippen LogP) is 3.27. The summed E-state index contributed by atoms with van der Waals surface area (Å²) in [5.41, 5.74) is 0.0800. The van der Waals surface area contributed by atoms with E-state index in [1.54, 1.807) is 0 Å². The Bertz CT molecular complexity index is 534. The van der Waals surface area contributed by atoms with E-state index in [0.29, 0.717) is 24.1 Å². The molecule has 0 aromatic carbocycles. The Morgan fingerprint density at radius 1 is 1.29 bits per heavy atom. The van der Waals surface area contributed by atoms with Crippen LogP contribution in [0.5, 0.6) is 0 Å². The number of hydrogen-bond donors (Lipinski definition) is 2. The minimum absolute atomic E-state index is 0.0800. The van der Waals surface area contributed by atoms with Gasteiger partial charge in [0.1, 0.15) is 11.6 Å². The molecule has 1 heterocycles. The maximum absolute atomic E-state index is 11.0. The molecule has 0 aliphatic heterocycles. The highest BCUT2D eigenvalue weighted by molar-refractivity contribution is 5.54. The number of nitro groups is 1. The number of nitrogens with zero attached hydrogens (tertiary/aromatic N) is 2. The number of aromatic nitrogens is 1. The number of rotatable bonds is 6. The van der Waals surface area contributed by atoms with Crippen molar-refractivity contribution in [1.29, 1.82) is 0 Å². The third-order valence-electron chi connectivity index (χ3n) is 4.81. The van der Waals surface area contributed by atoms with Crippen molar-refractivity contribution in [3.05, 3.63) is 22.2 Å². The molecule has 0 saturated heterocycles. The zero-order valence-corrected chi connectivity index (χ0v) is 12.3. The lowest BCUT2D eigenvalue weighted by Crippen LogP contribution is -2.20. The zero-order chi connectivity index (χ0) is 14.8. The van der Waals surface area contributed by atoms with E-state index in [0.717, 1.165) is 18.4 Å². The molecule has 2 aliphatic rings. The van der Waals surface area contributed by atoms with Gasteiger partial charge in [-0.2, -0.15) is 0 Å². The maximum Gasteiger partial charge on any atom is 0.276 e. The van der Waals surface area contributed by atoms with Gasteiger partial charge in [-0.3, -0.25) is 10.1 Å². The summed E-state index contributed by atoms with van der Waals surface area (Å²) in [6, 6.07) is 3.00. The van der Waals surface area contributed by atoms with E-state index in [2.05, 4.69) is 15.6 Å². The molecule has 1 aromatic heterocycles. The van der Waals surface area contributed by atoms with Crippen LogP contribution in [0.1, 0.15) is 32.6 Å². The Balaban J connectivity index is 1.67. The lowest BCUT2D eigenvalue weighted by molar-refractivity contribution is -0.384. The Morgan fingerprint density at radius 3 is 2.62 bits per heavy atom. The van der Waals surface area contributed by atoms with Crippen molar-refractivity contribution >= 4 is 17.3 Å². The molecule has 6 heteroatoms. The van der Waals surface area contributed by atoms with Gasteiger partial charge in [0.25, 0.3) is 5.69 Å². The maximum atomic E-state index is 11.0. The van der Waals surface area contributed by atoms with Crippen molar-refractivity contribution < 1.29 is 4.92 Å². The fraction of sp³-hybridized carbons (Fsp3) is 0.667. The largest absolute Gasteiger partial charge is 0.370 e. The van der Waals surface area contributed by atoms with Crippen molar-refractivity contribution in [2.24, 2.45) is 17.8 Å². The van der Waals surface area contributed by atoms with Gasteiger partial charge in [-0.15, -0.1) is 0 Å². The molecule has 2 fully saturated rings. The number of anilines is 2. The van der Waals surface area contributed by atoms with Crippen LogP contribution in [0.2, 0.25) is 0 Å². The van der Waals surface area contributed by atoms with Gasteiger partial charge in [0, 0.05) is 13.1 Å². The SMILES string of the molecule is CCNc1cc([N+](=O)[O-])cc(NCC2CC3CCC2C3)n1. The van der Waals surface area contributed by atoms with Gasteiger partial charge in [0.05, 0.1) is 17.1 Å². The first-order chi connectivity index (χ1) is 10.2. The van der Waals surface area contributed by atoms with Crippen molar-refractivity contribution in [2.45, 2.75) is 32.6 Å². The van der Waals surface area contributed by atoms with Crippen LogP contribution in [-0.2, 0) is 0 Å². The quantitative estimate of drug-likeness (QED) is 0.621. The van der Waals surface area contributed by atoms with Gasteiger partial charge < -0.3 is 10.6 Å². The Labute approximate surface area is 124 Å². The van der Waals surface area contributed by atoms with Crippen LogP contribution in [0.25, 0.3) is 0 Å². The standard InChI is InChI=1S/C15H22N4O2/c1-2-16-14-7-13(19(20)21)8-15(18-14)17-9-12-6-10-3-4-11(12)5-10/h7-8,10-12H,2-6,9H2,1H3,(H2,16,17,18). The van der Waals surface area contributed by atoms with Crippen LogP contribution in [-0.4, -0.2) is 23.0 Å². The molecule has 3 atom stereocenters. The summed E-state index contributed by atoms with van der Waals surface area (Å²) >= 11 is 0. The fourth-order valence-corrected chi connectivity index (χ4v) is 3.85. The van der Waals surface area contributed by atoms with E-state index >= 15 is 0 Å². The second-order valence-electron chi connectivity index (χ2n) is 6.20. The molecule has 2 aliphatic carbocycles. The van der Waals surface area contributed by atoms with Gasteiger partial charge in [-0.05, 0) is 43.9 Å². The van der Waals surface area contributed by atoms with Gasteiger partial charge in [0.2, 0.25) is 0 Å². The minimum atomic E-state index is -0.370. The highest BCUT2D eigenvalue weighted by Gasteiger charge is 2.39. The summed E-state index contributed by atoms with van der Waals surface area (Å²) in [5, 5.41) is 17.3. The molecule has 3 unspecified atom stereocenters. The number of hydrogen-bond acceptors (Lipinski definition) is 5. The van der Waals surface area contributed by atoms with Crippen LogP contribution >= 0.6 is 0 Å². The lowest BCUT2D eigenvalue weighted by Gasteiger charge is -2.22. The molecule has 3 rings (SSSR count). The fourth-order valence-electron chi connectivity index (χ4n) is 3.85. The highest BCUT2D eigenvalue weighted by atomic mass is 16.6. The first-order valence-electron chi connectivity index (χ1n) is 7.80. The smallest absolute Gasteiger partial charge is 0.276 e. The van der Waals surface area contributed by atoms with Gasteiger partial charge in [-0.25, -0.2) is 4.98 Å². The van der Waals surface area contributed by atoms with Crippen LogP contribution in [0.15, 0.2) is 12.1 Å². The lowest BCUT2D eigenvalue weighted by atomic mass is 9.89. The van der Waals surface area contributed by atoms with Crippen LogP contribution < -0.4 is 10.6 Å². The molecule has 0 spiro atoms. The Kier molecular flexibility index (Phi) is 3.94. The molecule has 1 aromatic rings. The summed E-state index contributed by atoms with van der Waals surface area (Å²) in [6.07, 6.45) is 5.41. The molecule has 2 bridgehead atoms. The van der Waals surface area contributed by atoms with E-state index in [4.69, 9.17) is 0 Å². The summed E-state index contributed by atoms with van der Waals surface area (Å²) < 4.78 is 0. The van der Waals surface area contributed by atoms with Gasteiger partial charge in [0.15, 0.2) is 0 Å². The molecule has 114 valence electrons. The van der Waals surface area contributed by atoms with Crippen LogP contribution in [0.4, 0.5) is 17.3 Å². The first kappa shape index (κ1) is 14.1. The van der Waals surface area contributed by atoms with Crippen molar-refractivity contribution in [1.82, 2.24) is 4.98 Å². The van der Waals surface area contributed by atoms with E-state index in [9.17, 15) is 10.1 Å². The van der Waals surface area contributed by atoms with Crippen LogP contribution in [0.3, 0.4) is 0 Å². The van der Waals surface area contributed by atoms with Crippen LogP contribution in [0, 0.1) is 27.9 Å². The third kappa shape index (κ3) is 3.09. The molecule has 0 amide bonds. The molecule has 2 saturated carbocycles. The third-order valence-corrected chi connectivity index (χ3v) is 4.81. The number of fused-ring (bicyclic) bond motifs is 2. The van der Waals surface area contributed by atoms with Crippen molar-refractivity contribution in [3.8, 4) is 0 Å². The number of nitrogens with one attached hydrogen (secondary N) is 2. The summed E-state index contributed by atoms with van der Waals surface area (Å²) in [4.78, 5) is 15.0. The molecule has 2 N–H and O–H groups in total. The highest BCUT2D eigenvalue weighted by Crippen LogP contribution is 2.48. The summed E-state index contributed by atoms with van der Waals surface area (Å²) in [6.45, 7) is 3.52. The minimum Gasteiger partial charge on any atom is -0.370 e. The van der Waals surface area contributed by atoms with E-state index in [1.165, 1.54) is 37.8 Å². The molecule has 0 radical (unpaired) electrons. The zero-order valence-electron chi connectivity index (χ0n) is 12.3. The second kappa shape index (κ2) is 5.87. The van der Waals surface area contributed by atoms with Crippen molar-refractivity contribution in [2.75, 3.05) is 23.7 Å². The monoisotopic (exact) mass is 290 g/mol. The van der Waals surface area contributed by atoms with E-state index < -0.39 is 0 Å². The summed E-state index contributed by atoms with van der Waals surface area (Å²) in [5.74, 6) is 3.61. The average Bonchev–Trinajstić information content (AvgIpc) is 3.07. The molecule has 6 nitrogen and oxygen atoms in total. The average molecular weight is 290 g/mol. The van der Waals surface area contributed by atoms with Crippen molar-refractivity contribution in [3.63, 3.8) is 0 Å². The summed E-state index contributed by atoms with van der Waals surface area (Å²) in [7, 11) is 0. The van der Waals surface area contributed by atoms with Gasteiger partial charge in [-0.1, -0.05) is 6.42 Å². The normalized spacial score (nSPS) is 26.8. The van der Waals surface area contributed by atoms with E-state index in [-0.39, 0.29) is 10.6 Å².